The molecule has 2 aromatic rings. The van der Waals surface area contributed by atoms with Crippen molar-refractivity contribution in [3.8, 4) is 0 Å². The van der Waals surface area contributed by atoms with E-state index in [1.165, 1.54) is 23.0 Å². The first kappa shape index (κ1) is 14.5. The summed E-state index contributed by atoms with van der Waals surface area (Å²) in [7, 11) is 0. The molecule has 0 unspecified atom stereocenters. The van der Waals surface area contributed by atoms with E-state index in [1.807, 2.05) is 19.1 Å². The zero-order valence-electron chi connectivity index (χ0n) is 11.9. The van der Waals surface area contributed by atoms with Crippen molar-refractivity contribution in [3.05, 3.63) is 52.5 Å². The Hall–Kier alpha value is -1.94. The number of carbonyl (C=O) groups is 1. The van der Waals surface area contributed by atoms with Gasteiger partial charge < -0.3 is 0 Å². The number of carbonyl (C=O) groups excluding carboxylic acids is 1. The Morgan fingerprint density at radius 1 is 1.30 bits per heavy atom. The van der Waals surface area contributed by atoms with Crippen LogP contribution in [0.25, 0.3) is 6.08 Å². The van der Waals surface area contributed by atoms with Gasteiger partial charge in [0.1, 0.15) is 0 Å². The van der Waals surface area contributed by atoms with Crippen LogP contribution in [0.15, 0.2) is 36.5 Å². The molecule has 0 aliphatic carbocycles. The second-order valence-electron chi connectivity index (χ2n) is 4.92. The van der Waals surface area contributed by atoms with Gasteiger partial charge >= 0.3 is 0 Å². The molecule has 0 saturated carbocycles. The minimum Gasteiger partial charge on any atom is -0.298 e. The lowest BCUT2D eigenvalue weighted by Crippen LogP contribution is -2.07. The van der Waals surface area contributed by atoms with Gasteiger partial charge in [-0.1, -0.05) is 38.1 Å². The van der Waals surface area contributed by atoms with Gasteiger partial charge in [0.15, 0.2) is 5.13 Å². The van der Waals surface area contributed by atoms with E-state index in [9.17, 15) is 4.79 Å². The summed E-state index contributed by atoms with van der Waals surface area (Å²) >= 11 is 1.47. The Kier molecular flexibility index (Phi) is 4.69. The number of benzene rings is 1. The number of aromatic nitrogens is 1. The van der Waals surface area contributed by atoms with Crippen LogP contribution in [0.5, 0.6) is 0 Å². The maximum absolute atomic E-state index is 11.7. The first-order chi connectivity index (χ1) is 9.54. The van der Waals surface area contributed by atoms with Gasteiger partial charge in [-0.2, -0.15) is 0 Å². The third kappa shape index (κ3) is 4.03. The van der Waals surface area contributed by atoms with Crippen LogP contribution >= 0.6 is 11.3 Å². The summed E-state index contributed by atoms with van der Waals surface area (Å²) in [6.45, 7) is 6.28. The van der Waals surface area contributed by atoms with E-state index in [0.717, 1.165) is 10.4 Å². The summed E-state index contributed by atoms with van der Waals surface area (Å²) in [4.78, 5) is 16.9. The van der Waals surface area contributed by atoms with Crippen LogP contribution < -0.4 is 5.32 Å². The first-order valence-electron chi connectivity index (χ1n) is 6.56. The predicted molar refractivity (Wildman–Crippen MR) is 85.0 cm³/mol. The fourth-order valence-corrected chi connectivity index (χ4v) is 2.39. The molecule has 0 aliphatic rings. The van der Waals surface area contributed by atoms with E-state index < -0.39 is 0 Å². The van der Waals surface area contributed by atoms with Crippen molar-refractivity contribution < 1.29 is 4.79 Å². The average Bonchev–Trinajstić information content (AvgIpc) is 2.82. The van der Waals surface area contributed by atoms with Gasteiger partial charge in [0.25, 0.3) is 0 Å². The molecule has 20 heavy (non-hydrogen) atoms. The van der Waals surface area contributed by atoms with Crippen LogP contribution in [-0.2, 0) is 4.79 Å². The van der Waals surface area contributed by atoms with Gasteiger partial charge in [0, 0.05) is 17.2 Å². The lowest BCUT2D eigenvalue weighted by Gasteiger charge is -2.04. The molecular formula is C16H18N2OS. The zero-order chi connectivity index (χ0) is 14.5. The molecule has 1 aromatic carbocycles. The van der Waals surface area contributed by atoms with Crippen LogP contribution in [-0.4, -0.2) is 10.9 Å². The molecule has 104 valence electrons. The number of aryl methyl sites for hydroxylation is 1. The standard InChI is InChI=1S/C16H18N2OS/c1-11(2)14-7-4-13(5-8-14)6-9-15(19)18-16-17-10-12(3)20-16/h4-11H,1-3H3,(H,17,18,19). The second-order valence-corrected chi connectivity index (χ2v) is 6.15. The molecule has 4 heteroatoms. The normalized spacial score (nSPS) is 11.2. The van der Waals surface area contributed by atoms with Crippen LogP contribution in [0.3, 0.4) is 0 Å². The molecule has 0 atom stereocenters. The topological polar surface area (TPSA) is 42.0 Å². The maximum Gasteiger partial charge on any atom is 0.250 e. The van der Waals surface area contributed by atoms with E-state index in [0.29, 0.717) is 11.0 Å². The summed E-state index contributed by atoms with van der Waals surface area (Å²) in [5.74, 6) is 0.358. The molecule has 1 aromatic heterocycles. The largest absolute Gasteiger partial charge is 0.298 e. The highest BCUT2D eigenvalue weighted by Gasteiger charge is 2.02. The Labute approximate surface area is 123 Å². The lowest BCUT2D eigenvalue weighted by molar-refractivity contribution is -0.111. The molecule has 1 N–H and O–H groups in total. The predicted octanol–water partition coefficient (Wildman–Crippen LogP) is 4.23. The fraction of sp³-hybridized carbons (Fsp3) is 0.250. The molecule has 0 aliphatic heterocycles. The van der Waals surface area contributed by atoms with Crippen molar-refractivity contribution in [3.63, 3.8) is 0 Å². The summed E-state index contributed by atoms with van der Waals surface area (Å²) < 4.78 is 0. The molecule has 0 bridgehead atoms. The van der Waals surface area contributed by atoms with Gasteiger partial charge in [0.05, 0.1) is 0 Å². The van der Waals surface area contributed by atoms with Gasteiger partial charge in [-0.3, -0.25) is 10.1 Å². The number of thiazole rings is 1. The number of nitrogens with one attached hydrogen (secondary N) is 1. The quantitative estimate of drug-likeness (QED) is 0.855. The van der Waals surface area contributed by atoms with Crippen LogP contribution in [0.2, 0.25) is 0 Å². The number of rotatable bonds is 4. The summed E-state index contributed by atoms with van der Waals surface area (Å²) in [6.07, 6.45) is 5.08. The van der Waals surface area contributed by atoms with Crippen molar-refractivity contribution in [2.75, 3.05) is 5.32 Å². The highest BCUT2D eigenvalue weighted by atomic mass is 32.1. The van der Waals surface area contributed by atoms with Gasteiger partial charge in [-0.25, -0.2) is 4.98 Å². The number of hydrogen-bond donors (Lipinski definition) is 1. The highest BCUT2D eigenvalue weighted by molar-refractivity contribution is 7.15. The van der Waals surface area contributed by atoms with Crippen molar-refractivity contribution in [2.24, 2.45) is 0 Å². The molecule has 1 heterocycles. The van der Waals surface area contributed by atoms with Gasteiger partial charge in [0.2, 0.25) is 5.91 Å². The van der Waals surface area contributed by atoms with Crippen LogP contribution in [0, 0.1) is 6.92 Å². The zero-order valence-corrected chi connectivity index (χ0v) is 12.7. The number of hydrogen-bond acceptors (Lipinski definition) is 3. The maximum atomic E-state index is 11.7. The average molecular weight is 286 g/mol. The van der Waals surface area contributed by atoms with E-state index in [2.05, 4.69) is 36.3 Å². The number of anilines is 1. The van der Waals surface area contributed by atoms with E-state index in [1.54, 1.807) is 12.3 Å². The monoisotopic (exact) mass is 286 g/mol. The van der Waals surface area contributed by atoms with Crippen LogP contribution in [0.1, 0.15) is 35.8 Å². The third-order valence-electron chi connectivity index (χ3n) is 2.88. The molecule has 0 fully saturated rings. The van der Waals surface area contributed by atoms with Crippen molar-refractivity contribution in [2.45, 2.75) is 26.7 Å². The Morgan fingerprint density at radius 3 is 2.55 bits per heavy atom. The molecule has 2 rings (SSSR count). The van der Waals surface area contributed by atoms with Crippen molar-refractivity contribution >= 4 is 28.5 Å². The van der Waals surface area contributed by atoms with Crippen LogP contribution in [0.4, 0.5) is 5.13 Å². The highest BCUT2D eigenvalue weighted by Crippen LogP contribution is 2.17. The summed E-state index contributed by atoms with van der Waals surface area (Å²) in [5.41, 5.74) is 2.31. The van der Waals surface area contributed by atoms with Gasteiger partial charge in [-0.15, -0.1) is 11.3 Å². The van der Waals surface area contributed by atoms with Gasteiger partial charge in [-0.05, 0) is 30.0 Å². The molecule has 3 nitrogen and oxygen atoms in total. The molecule has 0 radical (unpaired) electrons. The second kappa shape index (κ2) is 6.48. The lowest BCUT2D eigenvalue weighted by atomic mass is 10.0. The SMILES string of the molecule is Cc1cnc(NC(=O)C=Cc2ccc(C(C)C)cc2)s1. The Balaban J connectivity index is 1.96. The third-order valence-corrected chi connectivity index (χ3v) is 3.71. The van der Waals surface area contributed by atoms with E-state index in [-0.39, 0.29) is 5.91 Å². The molecule has 1 amide bonds. The van der Waals surface area contributed by atoms with Crippen molar-refractivity contribution in [1.29, 1.82) is 0 Å². The Morgan fingerprint density at radius 2 is 2.00 bits per heavy atom. The minimum absolute atomic E-state index is 0.160. The number of nitrogens with zero attached hydrogens (tertiary/aromatic N) is 1. The van der Waals surface area contributed by atoms with E-state index in [4.69, 9.17) is 0 Å². The fourth-order valence-electron chi connectivity index (χ4n) is 1.72. The van der Waals surface area contributed by atoms with E-state index >= 15 is 0 Å². The first-order valence-corrected chi connectivity index (χ1v) is 7.37. The summed E-state index contributed by atoms with van der Waals surface area (Å²) in [5, 5.41) is 3.38. The molecular weight excluding hydrogens is 268 g/mol. The number of amides is 1. The van der Waals surface area contributed by atoms with Crippen molar-refractivity contribution in [1.82, 2.24) is 4.98 Å². The summed E-state index contributed by atoms with van der Waals surface area (Å²) in [6, 6.07) is 8.22. The Bertz CT molecular complexity index is 612. The smallest absolute Gasteiger partial charge is 0.250 e. The molecule has 0 spiro atoms. The molecule has 0 saturated heterocycles. The minimum atomic E-state index is -0.160.